The molecule has 0 radical (unpaired) electrons. The van der Waals surface area contributed by atoms with Gasteiger partial charge >= 0.3 is 15.5 Å². The van der Waals surface area contributed by atoms with Gasteiger partial charge in [0.1, 0.15) is 0 Å². The summed E-state index contributed by atoms with van der Waals surface area (Å²) in [6.07, 6.45) is 0. The number of piperazine rings is 1. The number of aromatic nitrogens is 2. The summed E-state index contributed by atoms with van der Waals surface area (Å²) >= 11 is 12.3. The number of carbonyl (C=O) groups is 1. The highest BCUT2D eigenvalue weighted by Gasteiger charge is 2.50. The standard InChI is InChI=1S/C27H23Cl2F3N4O3S/c1-17(37)36-24-11-6-20(25(18-2-7-21(28)8-3-18)19-4-9-22(29)10-5-19)16-23(24)26(33-36)34-12-14-35(15-13-34)40(38,39)27(30,31)32/h2-11,16,25H,12-15H2,1H3. The fourth-order valence-electron chi connectivity index (χ4n) is 4.95. The van der Waals surface area contributed by atoms with Crippen LogP contribution in [0.5, 0.6) is 0 Å². The van der Waals surface area contributed by atoms with E-state index in [1.54, 1.807) is 35.2 Å². The summed E-state index contributed by atoms with van der Waals surface area (Å²) < 4.78 is 64.7. The lowest BCUT2D eigenvalue weighted by molar-refractivity contribution is -0.0490. The van der Waals surface area contributed by atoms with Gasteiger partial charge in [0, 0.05) is 54.5 Å². The number of nitrogens with zero attached hydrogens (tertiary/aromatic N) is 4. The molecule has 0 atom stereocenters. The SMILES string of the molecule is CC(=O)n1nc(N2CCN(S(=O)(=O)C(F)(F)F)CC2)c2cc(C(c3ccc(Cl)cc3)c3ccc(Cl)cc3)ccc21. The molecule has 0 N–H and O–H groups in total. The van der Waals surface area contributed by atoms with E-state index in [0.29, 0.717) is 31.1 Å². The van der Waals surface area contributed by atoms with Crippen LogP contribution in [0.4, 0.5) is 19.0 Å². The Morgan fingerprint density at radius 3 is 1.82 bits per heavy atom. The number of fused-ring (bicyclic) bond motifs is 1. The molecule has 0 unspecified atom stereocenters. The van der Waals surface area contributed by atoms with Gasteiger partial charge in [-0.2, -0.15) is 22.2 Å². The molecule has 0 saturated carbocycles. The molecule has 210 valence electrons. The van der Waals surface area contributed by atoms with Crippen molar-refractivity contribution in [2.75, 3.05) is 31.1 Å². The predicted molar refractivity (Wildman–Crippen MR) is 149 cm³/mol. The molecule has 7 nitrogen and oxygen atoms in total. The van der Waals surface area contributed by atoms with E-state index in [4.69, 9.17) is 23.2 Å². The van der Waals surface area contributed by atoms with Gasteiger partial charge in [0.25, 0.3) is 0 Å². The molecule has 0 aliphatic carbocycles. The second-order valence-corrected chi connectivity index (χ2v) is 12.2. The first kappa shape index (κ1) is 28.4. The number of hydrogen-bond donors (Lipinski definition) is 0. The molecular formula is C27H23Cl2F3N4O3S. The van der Waals surface area contributed by atoms with Gasteiger partial charge in [0.2, 0.25) is 5.91 Å². The van der Waals surface area contributed by atoms with E-state index in [1.165, 1.54) is 11.6 Å². The zero-order chi connectivity index (χ0) is 28.8. The first-order valence-corrected chi connectivity index (χ1v) is 14.4. The summed E-state index contributed by atoms with van der Waals surface area (Å²) in [6, 6.07) is 20.5. The Morgan fingerprint density at radius 1 is 0.850 bits per heavy atom. The van der Waals surface area contributed by atoms with E-state index < -0.39 is 15.5 Å². The van der Waals surface area contributed by atoms with Crippen molar-refractivity contribution in [3.63, 3.8) is 0 Å². The molecule has 5 rings (SSSR count). The maximum atomic E-state index is 13.1. The number of anilines is 1. The lowest BCUT2D eigenvalue weighted by Crippen LogP contribution is -2.52. The molecule has 4 aromatic rings. The number of benzene rings is 3. The number of carbonyl (C=O) groups excluding carboxylic acids is 1. The van der Waals surface area contributed by atoms with E-state index in [-0.39, 0.29) is 38.0 Å². The zero-order valence-corrected chi connectivity index (χ0v) is 23.4. The van der Waals surface area contributed by atoms with Gasteiger partial charge in [-0.25, -0.2) is 8.42 Å². The number of halogens is 5. The van der Waals surface area contributed by atoms with Gasteiger partial charge in [0.05, 0.1) is 5.52 Å². The lowest BCUT2D eigenvalue weighted by Gasteiger charge is -2.34. The molecule has 3 aromatic carbocycles. The number of rotatable bonds is 5. The molecule has 1 aliphatic heterocycles. The van der Waals surface area contributed by atoms with E-state index in [0.717, 1.165) is 16.7 Å². The Bertz CT molecular complexity index is 1620. The van der Waals surface area contributed by atoms with E-state index >= 15 is 0 Å². The largest absolute Gasteiger partial charge is 0.511 e. The number of sulfonamides is 1. The topological polar surface area (TPSA) is 75.5 Å². The number of alkyl halides is 3. The van der Waals surface area contributed by atoms with Gasteiger partial charge in [-0.15, -0.1) is 5.10 Å². The lowest BCUT2D eigenvalue weighted by atomic mass is 9.85. The van der Waals surface area contributed by atoms with Crippen molar-refractivity contribution >= 4 is 55.9 Å². The van der Waals surface area contributed by atoms with Gasteiger partial charge in [-0.1, -0.05) is 53.5 Å². The molecule has 1 fully saturated rings. The molecule has 1 aromatic heterocycles. The van der Waals surface area contributed by atoms with Crippen LogP contribution < -0.4 is 4.90 Å². The second kappa shape index (κ2) is 10.7. The third kappa shape index (κ3) is 5.30. The predicted octanol–water partition coefficient (Wildman–Crippen LogP) is 6.16. The van der Waals surface area contributed by atoms with Crippen molar-refractivity contribution in [3.8, 4) is 0 Å². The van der Waals surface area contributed by atoms with E-state index in [2.05, 4.69) is 5.10 Å². The summed E-state index contributed by atoms with van der Waals surface area (Å²) in [5.74, 6) is -0.183. The van der Waals surface area contributed by atoms with Crippen molar-refractivity contribution in [3.05, 3.63) is 93.5 Å². The van der Waals surface area contributed by atoms with Gasteiger partial charge in [-0.3, -0.25) is 4.79 Å². The molecule has 13 heteroatoms. The Labute approximate surface area is 238 Å². The highest BCUT2D eigenvalue weighted by atomic mass is 35.5. The summed E-state index contributed by atoms with van der Waals surface area (Å²) in [5.41, 5.74) is -2.05. The van der Waals surface area contributed by atoms with E-state index in [9.17, 15) is 26.4 Å². The Morgan fingerprint density at radius 2 is 1.35 bits per heavy atom. The van der Waals surface area contributed by atoms with Crippen LogP contribution in [-0.4, -0.2) is 60.1 Å². The van der Waals surface area contributed by atoms with E-state index in [1.807, 2.05) is 36.4 Å². The van der Waals surface area contributed by atoms with Crippen molar-refractivity contribution in [2.45, 2.75) is 18.3 Å². The average molecular weight is 611 g/mol. The van der Waals surface area contributed by atoms with Crippen LogP contribution in [0.2, 0.25) is 10.0 Å². The normalized spacial score (nSPS) is 15.2. The smallest absolute Gasteiger partial charge is 0.352 e. The van der Waals surface area contributed by atoms with Gasteiger partial charge < -0.3 is 4.90 Å². The van der Waals surface area contributed by atoms with Crippen LogP contribution in [0.3, 0.4) is 0 Å². The first-order chi connectivity index (χ1) is 18.9. The summed E-state index contributed by atoms with van der Waals surface area (Å²) in [6.45, 7) is 0.577. The second-order valence-electron chi connectivity index (χ2n) is 9.40. The fraction of sp³-hybridized carbons (Fsp3) is 0.259. The maximum Gasteiger partial charge on any atom is 0.511 e. The molecule has 1 aliphatic rings. The highest BCUT2D eigenvalue weighted by Crippen LogP contribution is 2.37. The van der Waals surface area contributed by atoms with Gasteiger partial charge in [-0.05, 0) is 53.1 Å². The molecule has 0 amide bonds. The summed E-state index contributed by atoms with van der Waals surface area (Å²) in [7, 11) is -5.43. The third-order valence-electron chi connectivity index (χ3n) is 6.89. The summed E-state index contributed by atoms with van der Waals surface area (Å²) in [5, 5.41) is 6.28. The minimum atomic E-state index is -5.43. The van der Waals surface area contributed by atoms with Crippen molar-refractivity contribution < 1.29 is 26.4 Å². The molecule has 0 bridgehead atoms. The third-order valence-corrected chi connectivity index (χ3v) is 9.03. The van der Waals surface area contributed by atoms with Crippen LogP contribution in [0.1, 0.15) is 34.3 Å². The quantitative estimate of drug-likeness (QED) is 0.253. The first-order valence-electron chi connectivity index (χ1n) is 12.2. The monoisotopic (exact) mass is 610 g/mol. The van der Waals surface area contributed by atoms with Crippen molar-refractivity contribution in [1.29, 1.82) is 0 Å². The Hall–Kier alpha value is -3.12. The number of hydrogen-bond acceptors (Lipinski definition) is 5. The zero-order valence-electron chi connectivity index (χ0n) is 21.1. The maximum absolute atomic E-state index is 13.1. The van der Waals surface area contributed by atoms with Gasteiger partial charge in [0.15, 0.2) is 5.82 Å². The van der Waals surface area contributed by atoms with Crippen molar-refractivity contribution in [1.82, 2.24) is 14.1 Å². The van der Waals surface area contributed by atoms with Crippen molar-refractivity contribution in [2.24, 2.45) is 0 Å². The van der Waals surface area contributed by atoms with Crippen LogP contribution in [0.15, 0.2) is 66.7 Å². The minimum Gasteiger partial charge on any atom is -0.352 e. The average Bonchev–Trinajstić information content (AvgIpc) is 3.30. The van der Waals surface area contributed by atoms with Crippen LogP contribution in [-0.2, 0) is 10.0 Å². The molecule has 40 heavy (non-hydrogen) atoms. The molecule has 1 saturated heterocycles. The fourth-order valence-corrected chi connectivity index (χ4v) is 6.14. The summed E-state index contributed by atoms with van der Waals surface area (Å²) in [4.78, 5) is 14.1. The highest BCUT2D eigenvalue weighted by molar-refractivity contribution is 7.90. The Balaban J connectivity index is 1.58. The van der Waals surface area contributed by atoms with Crippen LogP contribution in [0.25, 0.3) is 10.9 Å². The molecule has 2 heterocycles. The molecular weight excluding hydrogens is 588 g/mol. The van der Waals surface area contributed by atoms with Crippen LogP contribution >= 0.6 is 23.2 Å². The van der Waals surface area contributed by atoms with Crippen LogP contribution in [0, 0.1) is 0 Å². The minimum absolute atomic E-state index is 0.0264. The molecule has 0 spiro atoms. The Kier molecular flexibility index (Phi) is 7.60.